The van der Waals surface area contributed by atoms with Gasteiger partial charge < -0.3 is 15.4 Å². The molecule has 0 aromatic rings. The Bertz CT molecular complexity index is 325. The van der Waals surface area contributed by atoms with Crippen LogP contribution in [0.1, 0.15) is 19.3 Å². The fourth-order valence-electron chi connectivity index (χ4n) is 1.99. The second-order valence-electron chi connectivity index (χ2n) is 5.05. The molecule has 0 atom stereocenters. The number of alkyl halides is 3. The molecule has 0 amide bonds. The predicted octanol–water partition coefficient (Wildman–Crippen LogP) is 1.83. The molecule has 0 bridgehead atoms. The zero-order valence-corrected chi connectivity index (χ0v) is 15.4. The summed E-state index contributed by atoms with van der Waals surface area (Å²) in [6, 6.07) is 0.627. The van der Waals surface area contributed by atoms with E-state index in [0.29, 0.717) is 25.2 Å². The number of halogens is 4. The number of methoxy groups -OCH3 is 1. The molecule has 2 N–H and O–H groups in total. The molecule has 1 saturated carbocycles. The second kappa shape index (κ2) is 11.3. The van der Waals surface area contributed by atoms with E-state index >= 15 is 0 Å². The normalized spacial score (nSPS) is 15.6. The van der Waals surface area contributed by atoms with Crippen LogP contribution in [0.15, 0.2) is 4.99 Å². The third-order valence-corrected chi connectivity index (χ3v) is 3.26. The number of nitrogens with one attached hydrogen (secondary N) is 2. The highest BCUT2D eigenvalue weighted by atomic mass is 127. The van der Waals surface area contributed by atoms with Gasteiger partial charge in [-0.05, 0) is 12.8 Å². The lowest BCUT2D eigenvalue weighted by molar-refractivity contribution is -0.132. The quantitative estimate of drug-likeness (QED) is 0.328. The molecular formula is C13H26F3IN4O. The van der Waals surface area contributed by atoms with E-state index in [0.717, 1.165) is 13.1 Å². The summed E-state index contributed by atoms with van der Waals surface area (Å²) < 4.78 is 41.3. The monoisotopic (exact) mass is 438 g/mol. The molecule has 0 aromatic heterocycles. The molecule has 1 aliphatic rings. The van der Waals surface area contributed by atoms with Crippen molar-refractivity contribution < 1.29 is 17.9 Å². The molecule has 1 fully saturated rings. The van der Waals surface area contributed by atoms with Crippen molar-refractivity contribution in [3.8, 4) is 0 Å². The van der Waals surface area contributed by atoms with E-state index in [4.69, 9.17) is 4.74 Å². The van der Waals surface area contributed by atoms with Crippen molar-refractivity contribution in [3.63, 3.8) is 0 Å². The molecule has 1 aliphatic carbocycles. The largest absolute Gasteiger partial charge is 0.390 e. The summed E-state index contributed by atoms with van der Waals surface area (Å²) in [7, 11) is 3.22. The van der Waals surface area contributed by atoms with Crippen LogP contribution in [-0.2, 0) is 4.74 Å². The Balaban J connectivity index is 0.00000441. The number of ether oxygens (including phenoxy) is 1. The number of hydrogen-bond donors (Lipinski definition) is 2. The van der Waals surface area contributed by atoms with Crippen LogP contribution in [-0.4, -0.2) is 70.0 Å². The maximum atomic E-state index is 12.1. The zero-order valence-electron chi connectivity index (χ0n) is 13.1. The van der Waals surface area contributed by atoms with Gasteiger partial charge in [0.1, 0.15) is 0 Å². The summed E-state index contributed by atoms with van der Waals surface area (Å²) in [4.78, 5) is 6.24. The van der Waals surface area contributed by atoms with Gasteiger partial charge in [-0.1, -0.05) is 0 Å². The lowest BCUT2D eigenvalue weighted by Crippen LogP contribution is -2.43. The van der Waals surface area contributed by atoms with Gasteiger partial charge in [-0.2, -0.15) is 13.2 Å². The number of rotatable bonds is 9. The van der Waals surface area contributed by atoms with Crippen LogP contribution in [0.25, 0.3) is 0 Å². The number of nitrogens with zero attached hydrogens (tertiary/aromatic N) is 2. The van der Waals surface area contributed by atoms with Gasteiger partial charge in [-0.15, -0.1) is 24.0 Å². The van der Waals surface area contributed by atoms with Gasteiger partial charge in [-0.25, -0.2) is 0 Å². The summed E-state index contributed by atoms with van der Waals surface area (Å²) in [5.41, 5.74) is 0. The van der Waals surface area contributed by atoms with Gasteiger partial charge in [0.05, 0.1) is 13.0 Å². The van der Waals surface area contributed by atoms with E-state index in [1.807, 2.05) is 0 Å². The van der Waals surface area contributed by atoms with E-state index < -0.39 is 12.6 Å². The Kier molecular flexibility index (Phi) is 11.1. The second-order valence-corrected chi connectivity index (χ2v) is 5.05. The van der Waals surface area contributed by atoms with Crippen LogP contribution in [0.5, 0.6) is 0 Å². The van der Waals surface area contributed by atoms with Gasteiger partial charge in [0.25, 0.3) is 0 Å². The van der Waals surface area contributed by atoms with Crippen LogP contribution in [0.4, 0.5) is 13.2 Å². The highest BCUT2D eigenvalue weighted by molar-refractivity contribution is 14.0. The molecule has 1 rings (SSSR count). The summed E-state index contributed by atoms with van der Waals surface area (Å²) >= 11 is 0. The first-order valence-electron chi connectivity index (χ1n) is 7.20. The van der Waals surface area contributed by atoms with Crippen LogP contribution < -0.4 is 10.6 Å². The summed E-state index contributed by atoms with van der Waals surface area (Å²) in [5, 5.41) is 5.70. The van der Waals surface area contributed by atoms with Crippen molar-refractivity contribution in [2.45, 2.75) is 31.5 Å². The van der Waals surface area contributed by atoms with Crippen LogP contribution in [0.3, 0.4) is 0 Å². The summed E-state index contributed by atoms with van der Waals surface area (Å²) in [5.74, 6) is 0.404. The number of aliphatic imine (C=N–C) groups is 1. The highest BCUT2D eigenvalue weighted by Gasteiger charge is 2.28. The van der Waals surface area contributed by atoms with Gasteiger partial charge in [0, 0.05) is 46.4 Å². The van der Waals surface area contributed by atoms with Crippen LogP contribution >= 0.6 is 24.0 Å². The van der Waals surface area contributed by atoms with E-state index in [1.165, 1.54) is 12.8 Å². The Morgan fingerprint density at radius 1 is 1.23 bits per heavy atom. The molecule has 0 radical (unpaired) electrons. The summed E-state index contributed by atoms with van der Waals surface area (Å²) in [6.45, 7) is 2.87. The maximum Gasteiger partial charge on any atom is 0.390 e. The molecule has 22 heavy (non-hydrogen) atoms. The Labute approximate surface area is 147 Å². The van der Waals surface area contributed by atoms with Crippen molar-refractivity contribution in [2.24, 2.45) is 4.99 Å². The zero-order chi connectivity index (χ0) is 15.7. The number of guanidine groups is 1. The first-order valence-corrected chi connectivity index (χ1v) is 7.20. The third kappa shape index (κ3) is 10.4. The highest BCUT2D eigenvalue weighted by Crippen LogP contribution is 2.25. The summed E-state index contributed by atoms with van der Waals surface area (Å²) in [6.07, 6.45) is -2.59. The minimum absolute atomic E-state index is 0. The molecule has 0 saturated heterocycles. The average Bonchev–Trinajstić information content (AvgIpc) is 3.23. The third-order valence-electron chi connectivity index (χ3n) is 3.26. The Hall–Kier alpha value is -0.290. The topological polar surface area (TPSA) is 48.9 Å². The van der Waals surface area contributed by atoms with Crippen LogP contribution in [0, 0.1) is 0 Å². The molecular weight excluding hydrogens is 412 g/mol. The van der Waals surface area contributed by atoms with Gasteiger partial charge in [-0.3, -0.25) is 9.89 Å². The van der Waals surface area contributed by atoms with E-state index in [9.17, 15) is 13.2 Å². The van der Waals surface area contributed by atoms with E-state index in [2.05, 4.69) is 20.5 Å². The molecule has 0 aliphatic heterocycles. The molecule has 0 heterocycles. The van der Waals surface area contributed by atoms with Crippen molar-refractivity contribution >= 4 is 29.9 Å². The fourth-order valence-corrected chi connectivity index (χ4v) is 1.99. The molecule has 9 heteroatoms. The molecule has 5 nitrogen and oxygen atoms in total. The molecule has 0 unspecified atom stereocenters. The van der Waals surface area contributed by atoms with Crippen molar-refractivity contribution in [2.75, 3.05) is 46.9 Å². The predicted molar refractivity (Wildman–Crippen MR) is 91.9 cm³/mol. The van der Waals surface area contributed by atoms with Crippen molar-refractivity contribution in [1.82, 2.24) is 15.5 Å². The van der Waals surface area contributed by atoms with Gasteiger partial charge in [0.15, 0.2) is 5.96 Å². The Morgan fingerprint density at radius 3 is 2.36 bits per heavy atom. The van der Waals surface area contributed by atoms with Gasteiger partial charge >= 0.3 is 6.18 Å². The molecule has 132 valence electrons. The van der Waals surface area contributed by atoms with Gasteiger partial charge in [0.2, 0.25) is 0 Å². The van der Waals surface area contributed by atoms with E-state index in [1.54, 1.807) is 14.2 Å². The maximum absolute atomic E-state index is 12.1. The minimum atomic E-state index is -4.14. The van der Waals surface area contributed by atoms with Crippen LogP contribution in [0.2, 0.25) is 0 Å². The fraction of sp³-hybridized carbons (Fsp3) is 0.923. The SMILES string of the molecule is CN=C(NCCN(CCOC)C1CC1)NCCC(F)(F)F.I. The first-order chi connectivity index (χ1) is 9.96. The smallest absolute Gasteiger partial charge is 0.383 e. The molecule has 0 spiro atoms. The molecule has 0 aromatic carbocycles. The number of hydrogen-bond acceptors (Lipinski definition) is 3. The standard InChI is InChI=1S/C13H25F3N4O.HI/c1-17-12(18-6-5-13(14,15)16)19-7-8-20(9-10-21-2)11-3-4-11;/h11H,3-10H2,1-2H3,(H2,17,18,19);1H. The van der Waals surface area contributed by atoms with Crippen molar-refractivity contribution in [3.05, 3.63) is 0 Å². The Morgan fingerprint density at radius 2 is 1.86 bits per heavy atom. The first kappa shape index (κ1) is 21.7. The lowest BCUT2D eigenvalue weighted by Gasteiger charge is -2.22. The van der Waals surface area contributed by atoms with E-state index in [-0.39, 0.29) is 30.5 Å². The minimum Gasteiger partial charge on any atom is -0.383 e. The van der Waals surface area contributed by atoms with Crippen molar-refractivity contribution in [1.29, 1.82) is 0 Å². The lowest BCUT2D eigenvalue weighted by atomic mass is 10.4. The average molecular weight is 438 g/mol.